The molecule has 0 aliphatic heterocycles. The molecule has 1 nitrogen and oxygen atoms in total. The van der Waals surface area contributed by atoms with Crippen LogP contribution in [0, 0.1) is 11.8 Å². The molecule has 0 aliphatic rings. The Hall–Kier alpha value is -1.18. The van der Waals surface area contributed by atoms with Crippen LogP contribution >= 0.6 is 23.2 Å². The zero-order valence-corrected chi connectivity index (χ0v) is 18.3. The zero-order chi connectivity index (χ0) is 19.6. The van der Waals surface area contributed by atoms with Crippen LogP contribution in [0.3, 0.4) is 0 Å². The number of hydrogen-bond donors (Lipinski definition) is 0. The van der Waals surface area contributed by atoms with E-state index >= 15 is 0 Å². The van der Waals surface area contributed by atoms with Crippen molar-refractivity contribution in [3.05, 3.63) is 53.6 Å². The third kappa shape index (κ3) is 7.39. The van der Waals surface area contributed by atoms with E-state index in [1.54, 1.807) is 0 Å². The van der Waals surface area contributed by atoms with Crippen molar-refractivity contribution in [3.8, 4) is 16.9 Å². The van der Waals surface area contributed by atoms with Gasteiger partial charge in [0.05, 0.1) is 6.61 Å². The molecule has 2 aromatic rings. The van der Waals surface area contributed by atoms with Crippen LogP contribution in [0.25, 0.3) is 11.1 Å². The first kappa shape index (κ1) is 22.1. The third-order valence-electron chi connectivity index (χ3n) is 4.97. The first-order valence-electron chi connectivity index (χ1n) is 10.0. The normalized spacial score (nSPS) is 12.4. The van der Waals surface area contributed by atoms with Crippen molar-refractivity contribution >= 4 is 23.2 Å². The number of rotatable bonds is 11. The minimum atomic E-state index is 0.462. The highest BCUT2D eigenvalue weighted by Gasteiger charge is 2.08. The lowest BCUT2D eigenvalue weighted by atomic mass is 9.97. The monoisotopic (exact) mass is 406 g/mol. The third-order valence-corrected chi connectivity index (χ3v) is 5.57. The van der Waals surface area contributed by atoms with Gasteiger partial charge in [-0.05, 0) is 58.7 Å². The van der Waals surface area contributed by atoms with Crippen molar-refractivity contribution in [1.82, 2.24) is 0 Å². The van der Waals surface area contributed by atoms with Gasteiger partial charge in [0.2, 0.25) is 0 Å². The Kier molecular flexibility index (Phi) is 9.51. The van der Waals surface area contributed by atoms with Gasteiger partial charge in [-0.25, -0.2) is 0 Å². The number of ether oxygens (including phenoxy) is 1. The van der Waals surface area contributed by atoms with Crippen LogP contribution in [0.2, 0.25) is 0 Å². The van der Waals surface area contributed by atoms with E-state index in [0.717, 1.165) is 46.9 Å². The van der Waals surface area contributed by atoms with Gasteiger partial charge in [-0.1, -0.05) is 64.3 Å². The van der Waals surface area contributed by atoms with Crippen molar-refractivity contribution in [2.24, 2.45) is 11.8 Å². The second-order valence-corrected chi connectivity index (χ2v) is 8.39. The first-order valence-corrected chi connectivity index (χ1v) is 11.1. The highest BCUT2D eigenvalue weighted by molar-refractivity contribution is 6.17. The number of alkyl halides is 2. The Morgan fingerprint density at radius 2 is 1.70 bits per heavy atom. The predicted molar refractivity (Wildman–Crippen MR) is 119 cm³/mol. The van der Waals surface area contributed by atoms with Gasteiger partial charge in [-0.3, -0.25) is 0 Å². The molecule has 1 atom stereocenters. The molecule has 0 saturated heterocycles. The molecular formula is C24H32Cl2O. The van der Waals surface area contributed by atoms with Gasteiger partial charge in [0.25, 0.3) is 0 Å². The Bertz CT molecular complexity index is 697. The molecule has 0 aromatic heterocycles. The largest absolute Gasteiger partial charge is 0.494 e. The molecule has 0 radical (unpaired) electrons. The van der Waals surface area contributed by atoms with E-state index in [0.29, 0.717) is 17.7 Å². The summed E-state index contributed by atoms with van der Waals surface area (Å²) in [7, 11) is 0. The van der Waals surface area contributed by atoms with Crippen LogP contribution in [-0.4, -0.2) is 6.61 Å². The second-order valence-electron chi connectivity index (χ2n) is 7.85. The summed E-state index contributed by atoms with van der Waals surface area (Å²) in [6, 6.07) is 14.5. The van der Waals surface area contributed by atoms with Crippen LogP contribution < -0.4 is 4.74 Å². The highest BCUT2D eigenvalue weighted by Crippen LogP contribution is 2.30. The summed E-state index contributed by atoms with van der Waals surface area (Å²) in [4.78, 5) is 0. The van der Waals surface area contributed by atoms with Gasteiger partial charge in [0, 0.05) is 11.8 Å². The van der Waals surface area contributed by atoms with E-state index in [-0.39, 0.29) is 0 Å². The summed E-state index contributed by atoms with van der Waals surface area (Å²) in [6.07, 6.45) is 5.00. The fourth-order valence-electron chi connectivity index (χ4n) is 3.27. The molecule has 0 saturated carbocycles. The molecule has 0 spiro atoms. The molecule has 2 rings (SSSR count). The fraction of sp³-hybridized carbons (Fsp3) is 0.500. The molecule has 0 heterocycles. The average Bonchev–Trinajstić information content (AvgIpc) is 2.67. The Morgan fingerprint density at radius 1 is 0.889 bits per heavy atom. The predicted octanol–water partition coefficient (Wildman–Crippen LogP) is 8.06. The van der Waals surface area contributed by atoms with Gasteiger partial charge in [0.15, 0.2) is 0 Å². The summed E-state index contributed by atoms with van der Waals surface area (Å²) in [6.45, 7) is 7.65. The van der Waals surface area contributed by atoms with Crippen molar-refractivity contribution < 1.29 is 4.74 Å². The minimum absolute atomic E-state index is 0.462. The lowest BCUT2D eigenvalue weighted by molar-refractivity contribution is 0.275. The quantitative estimate of drug-likeness (QED) is 0.342. The van der Waals surface area contributed by atoms with E-state index in [1.807, 2.05) is 18.2 Å². The van der Waals surface area contributed by atoms with E-state index in [2.05, 4.69) is 45.0 Å². The molecule has 0 fully saturated rings. The molecule has 0 amide bonds. The van der Waals surface area contributed by atoms with Crippen LogP contribution in [-0.2, 0) is 11.8 Å². The van der Waals surface area contributed by atoms with Crippen LogP contribution in [0.4, 0.5) is 0 Å². The molecule has 1 unspecified atom stereocenters. The molecule has 27 heavy (non-hydrogen) atoms. The van der Waals surface area contributed by atoms with Crippen LogP contribution in [0.1, 0.15) is 57.6 Å². The van der Waals surface area contributed by atoms with Gasteiger partial charge >= 0.3 is 0 Å². The van der Waals surface area contributed by atoms with Gasteiger partial charge in [-0.2, -0.15) is 0 Å². The van der Waals surface area contributed by atoms with Crippen molar-refractivity contribution in [1.29, 1.82) is 0 Å². The summed E-state index contributed by atoms with van der Waals surface area (Å²) in [5.41, 5.74) is 4.49. The lowest BCUT2D eigenvalue weighted by Gasteiger charge is -2.15. The minimum Gasteiger partial charge on any atom is -0.494 e. The van der Waals surface area contributed by atoms with Crippen molar-refractivity contribution in [2.75, 3.05) is 6.61 Å². The smallest absolute Gasteiger partial charge is 0.119 e. The molecule has 148 valence electrons. The zero-order valence-electron chi connectivity index (χ0n) is 16.8. The number of halogens is 2. The van der Waals surface area contributed by atoms with E-state index in [1.165, 1.54) is 19.3 Å². The topological polar surface area (TPSA) is 9.23 Å². The summed E-state index contributed by atoms with van der Waals surface area (Å²) in [5.74, 6) is 3.38. The summed E-state index contributed by atoms with van der Waals surface area (Å²) >= 11 is 12.2. The second kappa shape index (κ2) is 11.6. The van der Waals surface area contributed by atoms with Crippen molar-refractivity contribution in [2.45, 2.75) is 58.2 Å². The molecule has 2 aromatic carbocycles. The molecule has 3 heteroatoms. The van der Waals surface area contributed by atoms with Gasteiger partial charge < -0.3 is 4.74 Å². The van der Waals surface area contributed by atoms with E-state index in [9.17, 15) is 0 Å². The average molecular weight is 407 g/mol. The number of benzene rings is 2. The Morgan fingerprint density at radius 3 is 2.41 bits per heavy atom. The molecule has 0 N–H and O–H groups in total. The highest BCUT2D eigenvalue weighted by atomic mass is 35.5. The van der Waals surface area contributed by atoms with E-state index < -0.39 is 0 Å². The summed E-state index contributed by atoms with van der Waals surface area (Å²) in [5, 5.41) is 0. The maximum absolute atomic E-state index is 6.21. The Labute approximate surface area is 175 Å². The van der Waals surface area contributed by atoms with Gasteiger partial charge in [0.1, 0.15) is 5.75 Å². The van der Waals surface area contributed by atoms with Crippen molar-refractivity contribution in [3.63, 3.8) is 0 Å². The molecular weight excluding hydrogens is 375 g/mol. The fourth-order valence-corrected chi connectivity index (χ4v) is 3.66. The SMILES string of the molecule is CC(C)CCCC(C)CCOc1ccc(-c2cccc(CCl)c2)c(CCl)c1. The summed E-state index contributed by atoms with van der Waals surface area (Å²) < 4.78 is 6.00. The van der Waals surface area contributed by atoms with Crippen LogP contribution in [0.15, 0.2) is 42.5 Å². The molecule has 0 aliphatic carbocycles. The first-order chi connectivity index (χ1) is 13.0. The lowest BCUT2D eigenvalue weighted by Crippen LogP contribution is -2.05. The number of hydrogen-bond acceptors (Lipinski definition) is 1. The van der Waals surface area contributed by atoms with Gasteiger partial charge in [-0.15, -0.1) is 23.2 Å². The maximum atomic E-state index is 6.21. The van der Waals surface area contributed by atoms with E-state index in [4.69, 9.17) is 27.9 Å². The molecule has 0 bridgehead atoms. The Balaban J connectivity index is 1.93. The standard InChI is InChI=1S/C24H32Cl2O/c1-18(2)6-4-7-19(3)12-13-27-23-10-11-24(22(15-23)17-26)21-9-5-8-20(14-21)16-25/h5,8-11,14-15,18-19H,4,6-7,12-13,16-17H2,1-3H3. The maximum Gasteiger partial charge on any atom is 0.119 e. The van der Waals surface area contributed by atoms with Crippen LogP contribution in [0.5, 0.6) is 5.75 Å².